The maximum absolute atomic E-state index is 12.7. The van der Waals surface area contributed by atoms with E-state index in [0.29, 0.717) is 34.9 Å². The van der Waals surface area contributed by atoms with Crippen molar-refractivity contribution in [2.75, 3.05) is 0 Å². The summed E-state index contributed by atoms with van der Waals surface area (Å²) in [6.45, 7) is 1.92. The van der Waals surface area contributed by atoms with Crippen LogP contribution in [0.3, 0.4) is 0 Å². The summed E-state index contributed by atoms with van der Waals surface area (Å²) in [4.78, 5) is 17.2. The van der Waals surface area contributed by atoms with Crippen LogP contribution in [0.15, 0.2) is 42.6 Å². The van der Waals surface area contributed by atoms with Crippen LogP contribution in [0, 0.1) is 0 Å². The summed E-state index contributed by atoms with van der Waals surface area (Å²) in [5, 5.41) is 0.537. The van der Waals surface area contributed by atoms with Gasteiger partial charge in [0.1, 0.15) is 17.1 Å². The van der Waals surface area contributed by atoms with Crippen LogP contribution in [0.2, 0.25) is 5.02 Å². The number of aromatic nitrogens is 2. The Kier molecular flexibility index (Phi) is 5.41. The molecule has 0 radical (unpaired) electrons. The first kappa shape index (κ1) is 19.2. The second-order valence-corrected chi connectivity index (χ2v) is 6.39. The van der Waals surface area contributed by atoms with E-state index in [0.717, 1.165) is 5.56 Å². The molecule has 0 atom stereocenters. The Labute approximate surface area is 158 Å². The fourth-order valence-corrected chi connectivity index (χ4v) is 3.00. The zero-order valence-electron chi connectivity index (χ0n) is 14.4. The molecule has 2 aromatic heterocycles. The first-order chi connectivity index (χ1) is 12.8. The lowest BCUT2D eigenvalue weighted by Crippen LogP contribution is -2.17. The molecule has 0 aliphatic rings. The maximum atomic E-state index is 12.7. The standard InChI is InChI=1S/C19H16ClF3N2O2/c1-2-15-18(25-10-9-13(20)11-17(25)24-15)16(26)8-5-12-3-6-14(7-4-12)27-19(21,22)23/h3-4,6-7,9-11H,2,5,8H2,1H3. The molecule has 142 valence electrons. The van der Waals surface area contributed by atoms with Crippen LogP contribution >= 0.6 is 11.6 Å². The van der Waals surface area contributed by atoms with E-state index in [-0.39, 0.29) is 18.0 Å². The third-order valence-corrected chi connectivity index (χ3v) is 4.29. The Morgan fingerprint density at radius 3 is 2.56 bits per heavy atom. The van der Waals surface area contributed by atoms with Gasteiger partial charge in [-0.2, -0.15) is 0 Å². The number of hydrogen-bond acceptors (Lipinski definition) is 3. The van der Waals surface area contributed by atoms with E-state index in [1.807, 2.05) is 6.92 Å². The number of ether oxygens (including phenoxy) is 1. The molecule has 4 nitrogen and oxygen atoms in total. The summed E-state index contributed by atoms with van der Waals surface area (Å²) in [5.74, 6) is -0.373. The molecular weight excluding hydrogens is 381 g/mol. The van der Waals surface area contributed by atoms with Crippen molar-refractivity contribution in [2.24, 2.45) is 0 Å². The minimum Gasteiger partial charge on any atom is -0.406 e. The SMILES string of the molecule is CCc1nc2cc(Cl)ccn2c1C(=O)CCc1ccc(OC(F)(F)F)cc1. The minimum absolute atomic E-state index is 0.0858. The van der Waals surface area contributed by atoms with Gasteiger partial charge >= 0.3 is 6.36 Å². The number of Topliss-reactive ketones (excluding diaryl/α,β-unsaturated/α-hetero) is 1. The topological polar surface area (TPSA) is 43.6 Å². The Hall–Kier alpha value is -2.54. The Morgan fingerprint density at radius 2 is 1.93 bits per heavy atom. The first-order valence-corrected chi connectivity index (χ1v) is 8.69. The molecule has 0 aliphatic heterocycles. The van der Waals surface area contributed by atoms with Crippen molar-refractivity contribution in [3.05, 3.63) is 64.6 Å². The summed E-state index contributed by atoms with van der Waals surface area (Å²) >= 11 is 5.98. The van der Waals surface area contributed by atoms with Gasteiger partial charge in [-0.3, -0.25) is 9.20 Å². The molecule has 0 aliphatic carbocycles. The lowest BCUT2D eigenvalue weighted by atomic mass is 10.0. The number of rotatable bonds is 6. The molecule has 0 spiro atoms. The second-order valence-electron chi connectivity index (χ2n) is 5.95. The van der Waals surface area contributed by atoms with Crippen molar-refractivity contribution >= 4 is 23.0 Å². The second kappa shape index (κ2) is 7.60. The van der Waals surface area contributed by atoms with Gasteiger partial charge in [0.05, 0.1) is 5.69 Å². The number of aryl methyl sites for hydroxylation is 2. The van der Waals surface area contributed by atoms with Crippen molar-refractivity contribution in [1.29, 1.82) is 0 Å². The molecule has 0 fully saturated rings. The smallest absolute Gasteiger partial charge is 0.406 e. The lowest BCUT2D eigenvalue weighted by Gasteiger charge is -2.09. The van der Waals surface area contributed by atoms with Gasteiger partial charge in [0.25, 0.3) is 0 Å². The molecule has 2 heterocycles. The fourth-order valence-electron chi connectivity index (χ4n) is 2.84. The van der Waals surface area contributed by atoms with Gasteiger partial charge < -0.3 is 4.74 Å². The first-order valence-electron chi connectivity index (χ1n) is 8.31. The molecule has 3 aromatic rings. The van der Waals surface area contributed by atoms with E-state index < -0.39 is 6.36 Å². The van der Waals surface area contributed by atoms with E-state index >= 15 is 0 Å². The van der Waals surface area contributed by atoms with Crippen LogP contribution in [-0.2, 0) is 12.8 Å². The third kappa shape index (κ3) is 4.60. The predicted molar refractivity (Wildman–Crippen MR) is 95.4 cm³/mol. The molecule has 3 rings (SSSR count). The molecule has 0 saturated heterocycles. The number of halogens is 4. The molecule has 27 heavy (non-hydrogen) atoms. The number of fused-ring (bicyclic) bond motifs is 1. The van der Waals surface area contributed by atoms with Crippen LogP contribution in [0.4, 0.5) is 13.2 Å². The largest absolute Gasteiger partial charge is 0.573 e. The number of benzene rings is 1. The minimum atomic E-state index is -4.72. The van der Waals surface area contributed by atoms with Gasteiger partial charge in [-0.25, -0.2) is 4.98 Å². The Bertz CT molecular complexity index is 965. The lowest BCUT2D eigenvalue weighted by molar-refractivity contribution is -0.274. The number of alkyl halides is 3. The summed E-state index contributed by atoms with van der Waals surface area (Å²) in [6.07, 6.45) is -1.80. The van der Waals surface area contributed by atoms with Crippen LogP contribution in [-0.4, -0.2) is 21.5 Å². The van der Waals surface area contributed by atoms with E-state index in [2.05, 4.69) is 9.72 Å². The van der Waals surface area contributed by atoms with Gasteiger partial charge in [-0.1, -0.05) is 30.7 Å². The van der Waals surface area contributed by atoms with Gasteiger partial charge in [0.15, 0.2) is 5.78 Å². The molecule has 0 bridgehead atoms. The molecular formula is C19H16ClF3N2O2. The van der Waals surface area contributed by atoms with Crippen molar-refractivity contribution < 1.29 is 22.7 Å². The summed E-state index contributed by atoms with van der Waals surface area (Å²) in [6, 6.07) is 8.89. The molecule has 0 N–H and O–H groups in total. The van der Waals surface area contributed by atoms with E-state index in [1.54, 1.807) is 22.7 Å². The maximum Gasteiger partial charge on any atom is 0.573 e. The third-order valence-electron chi connectivity index (χ3n) is 4.06. The Balaban J connectivity index is 1.74. The monoisotopic (exact) mass is 396 g/mol. The average Bonchev–Trinajstić information content (AvgIpc) is 2.97. The highest BCUT2D eigenvalue weighted by Crippen LogP contribution is 2.24. The van der Waals surface area contributed by atoms with Crippen molar-refractivity contribution in [1.82, 2.24) is 9.38 Å². The van der Waals surface area contributed by atoms with Crippen molar-refractivity contribution in [3.8, 4) is 5.75 Å². The zero-order valence-corrected chi connectivity index (χ0v) is 15.1. The van der Waals surface area contributed by atoms with Crippen LogP contribution in [0.25, 0.3) is 5.65 Å². The molecule has 0 amide bonds. The average molecular weight is 397 g/mol. The van der Waals surface area contributed by atoms with Crippen LogP contribution in [0.1, 0.15) is 35.1 Å². The highest BCUT2D eigenvalue weighted by molar-refractivity contribution is 6.30. The van der Waals surface area contributed by atoms with Gasteiger partial charge in [0, 0.05) is 23.7 Å². The Morgan fingerprint density at radius 1 is 1.22 bits per heavy atom. The summed E-state index contributed by atoms with van der Waals surface area (Å²) in [7, 11) is 0. The highest BCUT2D eigenvalue weighted by Gasteiger charge is 2.31. The zero-order chi connectivity index (χ0) is 19.6. The molecule has 1 aromatic carbocycles. The quantitative estimate of drug-likeness (QED) is 0.533. The van der Waals surface area contributed by atoms with Gasteiger partial charge in [-0.15, -0.1) is 13.2 Å². The molecule has 0 unspecified atom stereocenters. The fraction of sp³-hybridized carbons (Fsp3) is 0.263. The van der Waals surface area contributed by atoms with E-state index in [9.17, 15) is 18.0 Å². The number of carbonyl (C=O) groups excluding carboxylic acids is 1. The number of hydrogen-bond donors (Lipinski definition) is 0. The van der Waals surface area contributed by atoms with E-state index in [1.165, 1.54) is 24.3 Å². The summed E-state index contributed by atoms with van der Waals surface area (Å²) in [5.41, 5.74) is 2.56. The van der Waals surface area contributed by atoms with Gasteiger partial charge in [-0.05, 0) is 36.6 Å². The van der Waals surface area contributed by atoms with Crippen molar-refractivity contribution in [2.45, 2.75) is 32.5 Å². The van der Waals surface area contributed by atoms with Crippen LogP contribution in [0.5, 0.6) is 5.75 Å². The molecule has 0 saturated carbocycles. The molecule has 8 heteroatoms. The number of imidazole rings is 1. The number of pyridine rings is 1. The number of nitrogens with zero attached hydrogens (tertiary/aromatic N) is 2. The van der Waals surface area contributed by atoms with Crippen molar-refractivity contribution in [3.63, 3.8) is 0 Å². The van der Waals surface area contributed by atoms with Crippen LogP contribution < -0.4 is 4.74 Å². The van der Waals surface area contributed by atoms with Gasteiger partial charge in [0.2, 0.25) is 0 Å². The number of carbonyl (C=O) groups is 1. The predicted octanol–water partition coefficient (Wildman–Crippen LogP) is 5.26. The normalized spacial score (nSPS) is 11.7. The number of ketones is 1. The highest BCUT2D eigenvalue weighted by atomic mass is 35.5. The van der Waals surface area contributed by atoms with E-state index in [4.69, 9.17) is 11.6 Å². The summed E-state index contributed by atoms with van der Waals surface area (Å²) < 4.78 is 42.1.